The van der Waals surface area contributed by atoms with Crippen molar-refractivity contribution >= 4 is 10.8 Å². The Labute approximate surface area is 166 Å². The first-order valence-electron chi connectivity index (χ1n) is 9.21. The fourth-order valence-electron chi connectivity index (χ4n) is 3.61. The molecule has 29 heavy (non-hydrogen) atoms. The van der Waals surface area contributed by atoms with Gasteiger partial charge < -0.3 is 0 Å². The largest absolute Gasteiger partial charge is 0.416 e. The highest BCUT2D eigenvalue weighted by Crippen LogP contribution is 2.32. The van der Waals surface area contributed by atoms with E-state index < -0.39 is 11.7 Å². The van der Waals surface area contributed by atoms with E-state index in [-0.39, 0.29) is 0 Å². The van der Waals surface area contributed by atoms with E-state index in [1.165, 1.54) is 12.1 Å². The Morgan fingerprint density at radius 1 is 0.828 bits per heavy atom. The number of alkyl halides is 3. The molecule has 3 nitrogen and oxygen atoms in total. The summed E-state index contributed by atoms with van der Waals surface area (Å²) in [7, 11) is 0. The zero-order valence-electron chi connectivity index (χ0n) is 16.3. The summed E-state index contributed by atoms with van der Waals surface area (Å²) in [6, 6.07) is 12.2. The van der Waals surface area contributed by atoms with E-state index in [0.29, 0.717) is 11.4 Å². The summed E-state index contributed by atoms with van der Waals surface area (Å²) in [6.07, 6.45) is 2.32. The normalized spacial score (nSPS) is 11.8. The van der Waals surface area contributed by atoms with Crippen LogP contribution >= 0.6 is 0 Å². The van der Waals surface area contributed by atoms with Gasteiger partial charge in [-0.1, -0.05) is 18.2 Å². The zero-order valence-corrected chi connectivity index (χ0v) is 16.3. The molecule has 0 amide bonds. The van der Waals surface area contributed by atoms with Gasteiger partial charge in [0.25, 0.3) is 0 Å². The summed E-state index contributed by atoms with van der Waals surface area (Å²) in [4.78, 5) is 4.05. The third-order valence-corrected chi connectivity index (χ3v) is 5.15. The van der Waals surface area contributed by atoms with Gasteiger partial charge in [0.15, 0.2) is 18.1 Å². The second-order valence-electron chi connectivity index (χ2n) is 7.14. The molecular weight excluding hydrogens is 375 g/mol. The Morgan fingerprint density at radius 3 is 2.14 bits per heavy atom. The number of aromatic nitrogens is 3. The van der Waals surface area contributed by atoms with Crippen molar-refractivity contribution in [3.05, 3.63) is 89.8 Å². The van der Waals surface area contributed by atoms with Crippen LogP contribution in [0, 0.1) is 20.8 Å². The predicted molar refractivity (Wildman–Crippen MR) is 104 cm³/mol. The first-order valence-corrected chi connectivity index (χ1v) is 9.21. The van der Waals surface area contributed by atoms with Crippen molar-refractivity contribution in [3.8, 4) is 11.4 Å². The molecule has 146 valence electrons. The molecule has 2 heterocycles. The van der Waals surface area contributed by atoms with E-state index in [0.717, 1.165) is 27.7 Å². The van der Waals surface area contributed by atoms with Crippen molar-refractivity contribution in [3.63, 3.8) is 0 Å². The molecule has 0 saturated carbocycles. The quantitative estimate of drug-likeness (QED) is 0.450. The van der Waals surface area contributed by atoms with E-state index in [4.69, 9.17) is 0 Å². The Kier molecular flexibility index (Phi) is 4.57. The summed E-state index contributed by atoms with van der Waals surface area (Å²) in [5.74, 6) is 0. The van der Waals surface area contributed by atoms with Crippen molar-refractivity contribution in [1.82, 2.24) is 4.98 Å². The van der Waals surface area contributed by atoms with Crippen molar-refractivity contribution in [2.24, 2.45) is 0 Å². The summed E-state index contributed by atoms with van der Waals surface area (Å²) in [5, 5.41) is 2.01. The Hall–Kier alpha value is -3.28. The van der Waals surface area contributed by atoms with Crippen LogP contribution < -0.4 is 9.13 Å². The van der Waals surface area contributed by atoms with E-state index >= 15 is 0 Å². The molecule has 0 saturated heterocycles. The van der Waals surface area contributed by atoms with Gasteiger partial charge in [-0.15, -0.1) is 0 Å². The van der Waals surface area contributed by atoms with Gasteiger partial charge >= 0.3 is 6.18 Å². The first kappa shape index (κ1) is 19.1. The number of fused-ring (bicyclic) bond motifs is 1. The summed E-state index contributed by atoms with van der Waals surface area (Å²) in [6.45, 7) is 5.57. The van der Waals surface area contributed by atoms with Crippen LogP contribution in [0.15, 0.2) is 67.3 Å². The number of aryl methyl sites for hydroxylation is 2. The fraction of sp³-hybridized carbons (Fsp3) is 0.174. The molecule has 6 heteroatoms. The molecule has 2 aromatic heterocycles. The minimum atomic E-state index is -4.45. The van der Waals surface area contributed by atoms with Gasteiger partial charge in [-0.25, -0.2) is 0 Å². The smallest absolute Gasteiger partial charge is 0.252 e. The standard InChI is InChI=1S/C23H20F3N3/c1-15-10-18-6-4-5-7-19(18)14-29(15)22-12-20(23(24,25)26)11-21(17(22)3)28-9-8-27-13-16(28)2/h4-14H,1-3H3/q+2. The SMILES string of the molecule is Cc1c(-[n+]2ccncc2C)cc(C(F)(F)F)cc1-[n+]1cc2ccccc2cc1C. The van der Waals surface area contributed by atoms with E-state index in [1.54, 1.807) is 23.2 Å². The molecule has 0 radical (unpaired) electrons. The topological polar surface area (TPSA) is 20.6 Å². The van der Waals surface area contributed by atoms with Gasteiger partial charge in [-0.3, -0.25) is 4.98 Å². The highest BCUT2D eigenvalue weighted by Gasteiger charge is 2.36. The number of hydrogen-bond acceptors (Lipinski definition) is 1. The maximum Gasteiger partial charge on any atom is 0.416 e. The Balaban J connectivity index is 2.05. The van der Waals surface area contributed by atoms with Crippen LogP contribution in [0.1, 0.15) is 22.5 Å². The molecule has 0 aliphatic rings. The number of benzene rings is 2. The maximum absolute atomic E-state index is 13.7. The zero-order chi connectivity index (χ0) is 20.8. The van der Waals surface area contributed by atoms with Crippen molar-refractivity contribution in [2.75, 3.05) is 0 Å². The molecule has 0 fully saturated rings. The molecule has 2 aromatic carbocycles. The van der Waals surface area contributed by atoms with Gasteiger partial charge in [0.2, 0.25) is 17.1 Å². The highest BCUT2D eigenvalue weighted by molar-refractivity contribution is 5.81. The minimum absolute atomic E-state index is 0.481. The van der Waals surface area contributed by atoms with Gasteiger partial charge in [-0.05, 0) is 18.4 Å². The molecular formula is C23H20F3N3+2. The molecule has 0 aliphatic heterocycles. The predicted octanol–water partition coefficient (Wildman–Crippen LogP) is 4.73. The van der Waals surface area contributed by atoms with Crippen LogP contribution in [-0.2, 0) is 6.18 Å². The third-order valence-electron chi connectivity index (χ3n) is 5.15. The summed E-state index contributed by atoms with van der Waals surface area (Å²) < 4.78 is 44.8. The number of hydrogen-bond donors (Lipinski definition) is 0. The van der Waals surface area contributed by atoms with E-state index in [2.05, 4.69) is 4.98 Å². The highest BCUT2D eigenvalue weighted by atomic mass is 19.4. The fourth-order valence-corrected chi connectivity index (χ4v) is 3.61. The lowest BCUT2D eigenvalue weighted by molar-refractivity contribution is -0.611. The third kappa shape index (κ3) is 3.46. The summed E-state index contributed by atoms with van der Waals surface area (Å²) in [5.41, 5.74) is 2.66. The van der Waals surface area contributed by atoms with Crippen LogP contribution in [0.25, 0.3) is 22.1 Å². The van der Waals surface area contributed by atoms with Gasteiger partial charge in [0, 0.05) is 37.4 Å². The summed E-state index contributed by atoms with van der Waals surface area (Å²) >= 11 is 0. The molecule has 0 N–H and O–H groups in total. The molecule has 0 unspecified atom stereocenters. The molecule has 4 aromatic rings. The van der Waals surface area contributed by atoms with Crippen LogP contribution in [-0.4, -0.2) is 4.98 Å². The van der Waals surface area contributed by atoms with Gasteiger partial charge in [0.05, 0.1) is 23.5 Å². The number of halogens is 3. The second kappa shape index (κ2) is 6.95. The number of nitrogens with zero attached hydrogens (tertiary/aromatic N) is 3. The van der Waals surface area contributed by atoms with E-state index in [1.807, 2.05) is 61.9 Å². The number of pyridine rings is 1. The van der Waals surface area contributed by atoms with Crippen LogP contribution in [0.5, 0.6) is 0 Å². The number of rotatable bonds is 2. The second-order valence-corrected chi connectivity index (χ2v) is 7.14. The van der Waals surface area contributed by atoms with E-state index in [9.17, 15) is 13.2 Å². The molecule has 0 aliphatic carbocycles. The molecule has 4 rings (SSSR count). The Morgan fingerprint density at radius 2 is 1.48 bits per heavy atom. The average molecular weight is 395 g/mol. The molecule has 0 spiro atoms. The average Bonchev–Trinajstić information content (AvgIpc) is 2.67. The van der Waals surface area contributed by atoms with Gasteiger partial charge in [0.1, 0.15) is 0 Å². The monoisotopic (exact) mass is 395 g/mol. The Bertz CT molecular complexity index is 1230. The van der Waals surface area contributed by atoms with Crippen LogP contribution in [0.3, 0.4) is 0 Å². The van der Waals surface area contributed by atoms with Crippen molar-refractivity contribution < 1.29 is 22.3 Å². The lowest BCUT2D eigenvalue weighted by Crippen LogP contribution is -2.39. The molecule has 0 atom stereocenters. The van der Waals surface area contributed by atoms with Crippen LogP contribution in [0.2, 0.25) is 0 Å². The minimum Gasteiger partial charge on any atom is -0.252 e. The van der Waals surface area contributed by atoms with Crippen molar-refractivity contribution in [2.45, 2.75) is 26.9 Å². The first-order chi connectivity index (χ1) is 13.8. The lowest BCUT2D eigenvalue weighted by atomic mass is 10.0. The maximum atomic E-state index is 13.7. The van der Waals surface area contributed by atoms with Crippen molar-refractivity contribution in [1.29, 1.82) is 0 Å². The lowest BCUT2D eigenvalue weighted by Gasteiger charge is -2.12. The van der Waals surface area contributed by atoms with Gasteiger partial charge in [-0.2, -0.15) is 22.3 Å². The van der Waals surface area contributed by atoms with Crippen LogP contribution in [0.4, 0.5) is 13.2 Å². The molecule has 0 bridgehead atoms.